The summed E-state index contributed by atoms with van der Waals surface area (Å²) in [5, 5.41) is 3.42. The van der Waals surface area contributed by atoms with Gasteiger partial charge in [0.15, 0.2) is 0 Å². The Morgan fingerprint density at radius 2 is 2.05 bits per heavy atom. The van der Waals surface area contributed by atoms with E-state index in [4.69, 9.17) is 0 Å². The van der Waals surface area contributed by atoms with Crippen LogP contribution in [0.5, 0.6) is 0 Å². The average Bonchev–Trinajstić information content (AvgIpc) is 2.96. The van der Waals surface area contributed by atoms with Crippen molar-refractivity contribution in [2.45, 2.75) is 18.9 Å². The Bertz CT molecular complexity index is 666. The predicted octanol–water partition coefficient (Wildman–Crippen LogP) is 1.86. The molecule has 1 aromatic heterocycles. The minimum Gasteiger partial charge on any atom is -0.382 e. The first-order chi connectivity index (χ1) is 9.62. The van der Waals surface area contributed by atoms with Gasteiger partial charge in [-0.2, -0.15) is 0 Å². The minimum absolute atomic E-state index is 0.233. The molecule has 5 nitrogen and oxygen atoms in total. The normalized spacial score (nSPS) is 18.8. The first-order valence-corrected chi connectivity index (χ1v) is 8.50. The zero-order valence-corrected chi connectivity index (χ0v) is 11.9. The van der Waals surface area contributed by atoms with Crippen molar-refractivity contribution in [3.8, 4) is 5.69 Å². The molecule has 1 aromatic carbocycles. The summed E-state index contributed by atoms with van der Waals surface area (Å²) < 4.78 is 24.8. The molecule has 1 saturated heterocycles. The number of benzene rings is 1. The predicted molar refractivity (Wildman–Crippen MR) is 78.9 cm³/mol. The highest BCUT2D eigenvalue weighted by atomic mass is 32.2. The van der Waals surface area contributed by atoms with E-state index in [9.17, 15) is 8.42 Å². The lowest BCUT2D eigenvalue weighted by atomic mass is 10.1. The number of nitrogens with one attached hydrogen (secondary N) is 1. The van der Waals surface area contributed by atoms with E-state index in [0.29, 0.717) is 12.8 Å². The lowest BCUT2D eigenvalue weighted by Gasteiger charge is -2.24. The first kappa shape index (κ1) is 13.2. The van der Waals surface area contributed by atoms with E-state index >= 15 is 0 Å². The number of anilines is 1. The third-order valence-electron chi connectivity index (χ3n) is 3.57. The van der Waals surface area contributed by atoms with Crippen LogP contribution in [0, 0.1) is 0 Å². The van der Waals surface area contributed by atoms with Gasteiger partial charge in [0.2, 0.25) is 0 Å². The molecule has 0 bridgehead atoms. The van der Waals surface area contributed by atoms with Gasteiger partial charge in [0, 0.05) is 29.8 Å². The summed E-state index contributed by atoms with van der Waals surface area (Å²) >= 11 is 0. The van der Waals surface area contributed by atoms with Crippen molar-refractivity contribution < 1.29 is 8.42 Å². The van der Waals surface area contributed by atoms with Crippen molar-refractivity contribution >= 4 is 15.5 Å². The highest BCUT2D eigenvalue weighted by molar-refractivity contribution is 7.91. The Kier molecular flexibility index (Phi) is 3.48. The van der Waals surface area contributed by atoms with Crippen LogP contribution in [-0.2, 0) is 9.84 Å². The molecule has 0 unspecified atom stereocenters. The van der Waals surface area contributed by atoms with Gasteiger partial charge in [-0.3, -0.25) is 0 Å². The molecule has 2 aromatic rings. The summed E-state index contributed by atoms with van der Waals surface area (Å²) in [7, 11) is -2.80. The molecule has 106 valence electrons. The SMILES string of the molecule is O=S1(=O)CCC(Nc2cccc(-n3ccnc3)c2)CC1. The Hall–Kier alpha value is -1.82. The van der Waals surface area contributed by atoms with Crippen LogP contribution in [0.1, 0.15) is 12.8 Å². The number of nitrogens with zero attached hydrogens (tertiary/aromatic N) is 2. The molecule has 1 N–H and O–H groups in total. The third kappa shape index (κ3) is 3.01. The van der Waals surface area contributed by atoms with E-state index in [1.807, 2.05) is 35.0 Å². The van der Waals surface area contributed by atoms with Crippen LogP contribution in [0.2, 0.25) is 0 Å². The van der Waals surface area contributed by atoms with E-state index in [-0.39, 0.29) is 17.5 Å². The van der Waals surface area contributed by atoms with E-state index in [1.165, 1.54) is 0 Å². The van der Waals surface area contributed by atoms with Gasteiger partial charge in [-0.15, -0.1) is 0 Å². The van der Waals surface area contributed by atoms with Gasteiger partial charge in [-0.05, 0) is 31.0 Å². The molecule has 0 saturated carbocycles. The molecule has 0 radical (unpaired) electrons. The summed E-state index contributed by atoms with van der Waals surface area (Å²) in [6.07, 6.45) is 6.75. The van der Waals surface area contributed by atoms with Gasteiger partial charge in [0.05, 0.1) is 17.8 Å². The smallest absolute Gasteiger partial charge is 0.150 e. The maximum atomic E-state index is 11.4. The second-order valence-corrected chi connectivity index (χ2v) is 7.39. The Labute approximate surface area is 118 Å². The zero-order valence-electron chi connectivity index (χ0n) is 11.1. The van der Waals surface area contributed by atoms with Crippen LogP contribution < -0.4 is 5.32 Å². The second kappa shape index (κ2) is 5.28. The van der Waals surface area contributed by atoms with Gasteiger partial charge in [0.1, 0.15) is 9.84 Å². The first-order valence-electron chi connectivity index (χ1n) is 6.68. The Morgan fingerprint density at radius 3 is 2.75 bits per heavy atom. The maximum Gasteiger partial charge on any atom is 0.150 e. The van der Waals surface area contributed by atoms with Crippen molar-refractivity contribution in [1.29, 1.82) is 0 Å². The second-order valence-electron chi connectivity index (χ2n) is 5.09. The molecule has 1 aliphatic heterocycles. The Balaban J connectivity index is 1.71. The molecule has 0 amide bonds. The average molecular weight is 291 g/mol. The summed E-state index contributed by atoms with van der Waals surface area (Å²) in [4.78, 5) is 4.04. The lowest BCUT2D eigenvalue weighted by Crippen LogP contribution is -2.32. The molecule has 3 rings (SSSR count). The van der Waals surface area contributed by atoms with Gasteiger partial charge < -0.3 is 9.88 Å². The van der Waals surface area contributed by atoms with E-state index < -0.39 is 9.84 Å². The van der Waals surface area contributed by atoms with Crippen molar-refractivity contribution in [2.75, 3.05) is 16.8 Å². The molecule has 2 heterocycles. The van der Waals surface area contributed by atoms with Gasteiger partial charge in [-0.25, -0.2) is 13.4 Å². The van der Waals surface area contributed by atoms with E-state index in [0.717, 1.165) is 11.4 Å². The summed E-state index contributed by atoms with van der Waals surface area (Å²) in [5.74, 6) is 0.567. The number of rotatable bonds is 3. The van der Waals surface area contributed by atoms with E-state index in [1.54, 1.807) is 12.5 Å². The fourth-order valence-corrected chi connectivity index (χ4v) is 3.93. The topological polar surface area (TPSA) is 64.0 Å². The number of sulfone groups is 1. The molecule has 0 spiro atoms. The van der Waals surface area contributed by atoms with E-state index in [2.05, 4.69) is 10.3 Å². The van der Waals surface area contributed by atoms with Crippen LogP contribution in [0.25, 0.3) is 5.69 Å². The molecule has 0 atom stereocenters. The fourth-order valence-electron chi connectivity index (χ4n) is 2.44. The Morgan fingerprint density at radius 1 is 1.25 bits per heavy atom. The maximum absolute atomic E-state index is 11.4. The highest BCUT2D eigenvalue weighted by Gasteiger charge is 2.23. The monoisotopic (exact) mass is 291 g/mol. The molecular formula is C14H17N3O2S. The number of hydrogen-bond acceptors (Lipinski definition) is 4. The van der Waals surface area contributed by atoms with Crippen molar-refractivity contribution in [3.63, 3.8) is 0 Å². The number of hydrogen-bond donors (Lipinski definition) is 1. The molecule has 20 heavy (non-hydrogen) atoms. The van der Waals surface area contributed by atoms with Crippen LogP contribution in [0.3, 0.4) is 0 Å². The molecule has 1 fully saturated rings. The fraction of sp³-hybridized carbons (Fsp3) is 0.357. The van der Waals surface area contributed by atoms with Crippen molar-refractivity contribution in [2.24, 2.45) is 0 Å². The molecule has 0 aliphatic carbocycles. The van der Waals surface area contributed by atoms with Gasteiger partial charge in [0.25, 0.3) is 0 Å². The van der Waals surface area contributed by atoms with Gasteiger partial charge >= 0.3 is 0 Å². The highest BCUT2D eigenvalue weighted by Crippen LogP contribution is 2.20. The van der Waals surface area contributed by atoms with Crippen LogP contribution in [0.4, 0.5) is 5.69 Å². The van der Waals surface area contributed by atoms with Crippen LogP contribution >= 0.6 is 0 Å². The minimum atomic E-state index is -2.80. The molecule has 1 aliphatic rings. The third-order valence-corrected chi connectivity index (χ3v) is 5.29. The summed E-state index contributed by atoms with van der Waals surface area (Å²) in [5.41, 5.74) is 2.05. The van der Waals surface area contributed by atoms with Gasteiger partial charge in [-0.1, -0.05) is 6.07 Å². The molecule has 6 heteroatoms. The van der Waals surface area contributed by atoms with Crippen LogP contribution in [-0.4, -0.2) is 35.5 Å². The zero-order chi connectivity index (χ0) is 14.0. The summed E-state index contributed by atoms with van der Waals surface area (Å²) in [6, 6.07) is 8.28. The number of aromatic nitrogens is 2. The lowest BCUT2D eigenvalue weighted by molar-refractivity contribution is 0.559. The standard InChI is InChI=1S/C14H17N3O2S/c18-20(19)8-4-12(5-9-20)16-13-2-1-3-14(10-13)17-7-6-15-11-17/h1-3,6-7,10-12,16H,4-5,8-9H2. The number of imidazole rings is 1. The van der Waals surface area contributed by atoms with Crippen molar-refractivity contribution in [1.82, 2.24) is 9.55 Å². The van der Waals surface area contributed by atoms with Crippen LogP contribution in [0.15, 0.2) is 43.0 Å². The summed E-state index contributed by atoms with van der Waals surface area (Å²) in [6.45, 7) is 0. The largest absolute Gasteiger partial charge is 0.382 e. The molecular weight excluding hydrogens is 274 g/mol. The van der Waals surface area contributed by atoms with Crippen molar-refractivity contribution in [3.05, 3.63) is 43.0 Å². The quantitative estimate of drug-likeness (QED) is 0.937.